The SMILES string of the molecule is C=CCCNc1ncnc2sc(C(=O)O)c(C)c12. The Bertz CT molecular complexity index is 607. The summed E-state index contributed by atoms with van der Waals surface area (Å²) < 4.78 is 0. The number of aryl methyl sites for hydroxylation is 1. The van der Waals surface area contributed by atoms with Crippen molar-refractivity contribution < 1.29 is 9.90 Å². The first-order valence-corrected chi connectivity index (χ1v) is 6.29. The number of fused-ring (bicyclic) bond motifs is 1. The van der Waals surface area contributed by atoms with Crippen LogP contribution in [0.25, 0.3) is 10.2 Å². The predicted molar refractivity (Wildman–Crippen MR) is 72.4 cm³/mol. The lowest BCUT2D eigenvalue weighted by Crippen LogP contribution is -2.03. The number of nitrogens with zero attached hydrogens (tertiary/aromatic N) is 2. The van der Waals surface area contributed by atoms with Crippen LogP contribution in [0.5, 0.6) is 0 Å². The molecule has 2 aromatic rings. The highest BCUT2D eigenvalue weighted by Crippen LogP contribution is 2.33. The van der Waals surface area contributed by atoms with E-state index in [-0.39, 0.29) is 0 Å². The number of hydrogen-bond donors (Lipinski definition) is 2. The van der Waals surface area contributed by atoms with E-state index in [2.05, 4.69) is 21.9 Å². The van der Waals surface area contributed by atoms with Crippen LogP contribution < -0.4 is 5.32 Å². The number of hydrogen-bond acceptors (Lipinski definition) is 5. The number of carboxylic acid groups (broad SMARTS) is 1. The van der Waals surface area contributed by atoms with Crippen molar-refractivity contribution in [2.75, 3.05) is 11.9 Å². The first-order chi connectivity index (χ1) is 8.65. The standard InChI is InChI=1S/C12H13N3O2S/c1-3-4-5-13-10-8-7(2)9(12(16)17)18-11(8)15-6-14-10/h3,6H,1,4-5H2,2H3,(H,16,17)(H,13,14,15). The third-order valence-electron chi connectivity index (χ3n) is 2.56. The Kier molecular flexibility index (Phi) is 3.57. The van der Waals surface area contributed by atoms with E-state index >= 15 is 0 Å². The van der Waals surface area contributed by atoms with Crippen molar-refractivity contribution in [3.63, 3.8) is 0 Å². The first-order valence-electron chi connectivity index (χ1n) is 5.47. The van der Waals surface area contributed by atoms with E-state index in [9.17, 15) is 4.79 Å². The van der Waals surface area contributed by atoms with Crippen LogP contribution in [0, 0.1) is 6.92 Å². The van der Waals surface area contributed by atoms with Gasteiger partial charge < -0.3 is 10.4 Å². The average Bonchev–Trinajstić information content (AvgIpc) is 2.68. The Labute approximate surface area is 108 Å². The van der Waals surface area contributed by atoms with E-state index < -0.39 is 5.97 Å². The molecule has 0 aliphatic heterocycles. The molecule has 0 atom stereocenters. The minimum atomic E-state index is -0.924. The average molecular weight is 263 g/mol. The molecule has 0 saturated heterocycles. The largest absolute Gasteiger partial charge is 0.477 e. The maximum absolute atomic E-state index is 11.1. The van der Waals surface area contributed by atoms with Gasteiger partial charge in [-0.25, -0.2) is 14.8 Å². The number of rotatable bonds is 5. The van der Waals surface area contributed by atoms with Gasteiger partial charge in [0.2, 0.25) is 0 Å². The third-order valence-corrected chi connectivity index (χ3v) is 3.75. The number of carboxylic acids is 1. The van der Waals surface area contributed by atoms with E-state index in [4.69, 9.17) is 5.11 Å². The van der Waals surface area contributed by atoms with Crippen LogP contribution in [0.1, 0.15) is 21.7 Å². The Hall–Kier alpha value is -1.95. The van der Waals surface area contributed by atoms with Gasteiger partial charge in [0.1, 0.15) is 21.9 Å². The number of aromatic carboxylic acids is 1. The molecule has 0 amide bonds. The number of aromatic nitrogens is 2. The smallest absolute Gasteiger partial charge is 0.346 e. The molecule has 2 heterocycles. The predicted octanol–water partition coefficient (Wildman–Crippen LogP) is 2.69. The Balaban J connectivity index is 2.47. The molecule has 2 N–H and O–H groups in total. The molecule has 0 aromatic carbocycles. The van der Waals surface area contributed by atoms with E-state index in [1.165, 1.54) is 17.7 Å². The summed E-state index contributed by atoms with van der Waals surface area (Å²) in [5, 5.41) is 13.1. The zero-order valence-corrected chi connectivity index (χ0v) is 10.8. The molecule has 94 valence electrons. The minimum Gasteiger partial charge on any atom is -0.477 e. The van der Waals surface area contributed by atoms with E-state index in [1.807, 2.05) is 6.08 Å². The third kappa shape index (κ3) is 2.19. The van der Waals surface area contributed by atoms with Crippen molar-refractivity contribution in [2.45, 2.75) is 13.3 Å². The number of carbonyl (C=O) groups is 1. The van der Waals surface area contributed by atoms with Crippen molar-refractivity contribution in [3.05, 3.63) is 29.4 Å². The summed E-state index contributed by atoms with van der Waals surface area (Å²) in [7, 11) is 0. The van der Waals surface area contributed by atoms with Gasteiger partial charge in [-0.2, -0.15) is 0 Å². The van der Waals surface area contributed by atoms with Crippen LogP contribution in [-0.4, -0.2) is 27.6 Å². The summed E-state index contributed by atoms with van der Waals surface area (Å²) in [5.74, 6) is -0.240. The Morgan fingerprint density at radius 2 is 2.39 bits per heavy atom. The van der Waals surface area contributed by atoms with Gasteiger partial charge in [0.05, 0.1) is 5.39 Å². The second-order valence-electron chi connectivity index (χ2n) is 3.77. The molecule has 0 unspecified atom stereocenters. The van der Waals surface area contributed by atoms with Gasteiger partial charge in [0, 0.05) is 6.54 Å². The summed E-state index contributed by atoms with van der Waals surface area (Å²) in [6, 6.07) is 0. The van der Waals surface area contributed by atoms with Crippen LogP contribution in [0.15, 0.2) is 19.0 Å². The van der Waals surface area contributed by atoms with Gasteiger partial charge >= 0.3 is 5.97 Å². The van der Waals surface area contributed by atoms with Crippen molar-refractivity contribution in [2.24, 2.45) is 0 Å². The van der Waals surface area contributed by atoms with Crippen molar-refractivity contribution >= 4 is 33.3 Å². The lowest BCUT2D eigenvalue weighted by molar-refractivity contribution is 0.0701. The second-order valence-corrected chi connectivity index (χ2v) is 4.77. The van der Waals surface area contributed by atoms with Crippen molar-refractivity contribution in [3.8, 4) is 0 Å². The minimum absolute atomic E-state index is 0.317. The highest BCUT2D eigenvalue weighted by molar-refractivity contribution is 7.20. The quantitative estimate of drug-likeness (QED) is 0.640. The molecule has 0 aliphatic carbocycles. The highest BCUT2D eigenvalue weighted by Gasteiger charge is 2.18. The first kappa shape index (κ1) is 12.5. The van der Waals surface area contributed by atoms with E-state index in [0.717, 1.165) is 11.8 Å². The molecule has 0 spiro atoms. The van der Waals surface area contributed by atoms with Crippen LogP contribution in [0.4, 0.5) is 5.82 Å². The van der Waals surface area contributed by atoms with Crippen LogP contribution in [0.3, 0.4) is 0 Å². The molecule has 2 rings (SSSR count). The molecular formula is C12H13N3O2S. The zero-order chi connectivity index (χ0) is 13.1. The number of anilines is 1. The molecule has 6 heteroatoms. The summed E-state index contributed by atoms with van der Waals surface area (Å²) in [5.41, 5.74) is 0.712. The van der Waals surface area contributed by atoms with Crippen LogP contribution in [-0.2, 0) is 0 Å². The summed E-state index contributed by atoms with van der Waals surface area (Å²) >= 11 is 1.17. The van der Waals surface area contributed by atoms with Gasteiger partial charge in [-0.05, 0) is 18.9 Å². The second kappa shape index (κ2) is 5.14. The summed E-state index contributed by atoms with van der Waals surface area (Å²) in [6.45, 7) is 6.15. The van der Waals surface area contributed by atoms with Gasteiger partial charge in [-0.3, -0.25) is 0 Å². The fourth-order valence-electron chi connectivity index (χ4n) is 1.70. The molecule has 2 aromatic heterocycles. The summed E-state index contributed by atoms with van der Waals surface area (Å²) in [4.78, 5) is 20.4. The maximum atomic E-state index is 11.1. The van der Waals surface area contributed by atoms with E-state index in [1.54, 1.807) is 6.92 Å². The van der Waals surface area contributed by atoms with Gasteiger partial charge in [-0.1, -0.05) is 6.08 Å². The molecule has 5 nitrogen and oxygen atoms in total. The fraction of sp³-hybridized carbons (Fsp3) is 0.250. The maximum Gasteiger partial charge on any atom is 0.346 e. The van der Waals surface area contributed by atoms with E-state index in [0.29, 0.717) is 27.6 Å². The van der Waals surface area contributed by atoms with Crippen molar-refractivity contribution in [1.82, 2.24) is 9.97 Å². The molecule has 0 bridgehead atoms. The van der Waals surface area contributed by atoms with Gasteiger partial charge in [0.25, 0.3) is 0 Å². The van der Waals surface area contributed by atoms with Crippen LogP contribution >= 0.6 is 11.3 Å². The molecule has 18 heavy (non-hydrogen) atoms. The van der Waals surface area contributed by atoms with Gasteiger partial charge in [0.15, 0.2) is 0 Å². The van der Waals surface area contributed by atoms with Gasteiger partial charge in [-0.15, -0.1) is 17.9 Å². The lowest BCUT2D eigenvalue weighted by Gasteiger charge is -2.05. The molecule has 0 aliphatic rings. The lowest BCUT2D eigenvalue weighted by atomic mass is 10.2. The molecule has 0 radical (unpaired) electrons. The highest BCUT2D eigenvalue weighted by atomic mass is 32.1. The number of nitrogens with one attached hydrogen (secondary N) is 1. The zero-order valence-electron chi connectivity index (χ0n) is 9.93. The summed E-state index contributed by atoms with van der Waals surface area (Å²) in [6.07, 6.45) is 4.08. The monoisotopic (exact) mass is 263 g/mol. The topological polar surface area (TPSA) is 75.1 Å². The Morgan fingerprint density at radius 3 is 3.06 bits per heavy atom. The van der Waals surface area contributed by atoms with Crippen LogP contribution in [0.2, 0.25) is 0 Å². The molecular weight excluding hydrogens is 250 g/mol. The Morgan fingerprint density at radius 1 is 1.61 bits per heavy atom. The van der Waals surface area contributed by atoms with Crippen molar-refractivity contribution in [1.29, 1.82) is 0 Å². The fourth-order valence-corrected chi connectivity index (χ4v) is 2.69. The molecule has 0 saturated carbocycles. The normalized spacial score (nSPS) is 10.5. The molecule has 0 fully saturated rings. The number of thiophene rings is 1.